The van der Waals surface area contributed by atoms with E-state index in [1.807, 2.05) is 22.1 Å². The van der Waals surface area contributed by atoms with E-state index in [0.29, 0.717) is 31.7 Å². The van der Waals surface area contributed by atoms with Gasteiger partial charge in [0.1, 0.15) is 10.7 Å². The first kappa shape index (κ1) is 15.8. The quantitative estimate of drug-likeness (QED) is 0.777. The van der Waals surface area contributed by atoms with E-state index in [1.165, 1.54) is 11.3 Å². The second-order valence-electron chi connectivity index (χ2n) is 5.90. The SMILES string of the molecule is CC(=O)N1CCn2c(c(C(=O)NCc3nccs3)c3cccnc32)C1. The number of amides is 2. The highest BCUT2D eigenvalue weighted by molar-refractivity contribution is 7.09. The Morgan fingerprint density at radius 2 is 2.16 bits per heavy atom. The molecule has 128 valence electrons. The smallest absolute Gasteiger partial charge is 0.254 e. The summed E-state index contributed by atoms with van der Waals surface area (Å²) >= 11 is 1.50. The van der Waals surface area contributed by atoms with Crippen LogP contribution in [-0.4, -0.2) is 37.8 Å². The number of nitrogens with one attached hydrogen (secondary N) is 1. The number of carbonyl (C=O) groups excluding carboxylic acids is 2. The van der Waals surface area contributed by atoms with Crippen LogP contribution in [0.25, 0.3) is 11.0 Å². The third-order valence-corrected chi connectivity index (χ3v) is 5.20. The number of hydrogen-bond acceptors (Lipinski definition) is 5. The molecular formula is C17H17N5O2S. The predicted molar refractivity (Wildman–Crippen MR) is 94.1 cm³/mol. The number of hydrogen-bond donors (Lipinski definition) is 1. The van der Waals surface area contributed by atoms with Crippen LogP contribution in [0.5, 0.6) is 0 Å². The van der Waals surface area contributed by atoms with E-state index in [9.17, 15) is 9.59 Å². The molecule has 1 aliphatic rings. The van der Waals surface area contributed by atoms with Crippen LogP contribution in [0, 0.1) is 0 Å². The Labute approximate surface area is 148 Å². The lowest BCUT2D eigenvalue weighted by atomic mass is 10.1. The Morgan fingerprint density at radius 1 is 1.28 bits per heavy atom. The number of carbonyl (C=O) groups is 2. The molecule has 0 saturated heterocycles. The fourth-order valence-electron chi connectivity index (χ4n) is 3.22. The minimum absolute atomic E-state index is 0.0126. The standard InChI is InChI=1S/C17H17N5O2S/c1-11(23)21-6-7-22-13(10-21)15(12-3-2-4-19-16(12)22)17(24)20-9-14-18-5-8-25-14/h2-5,8H,6-7,9-10H2,1H3,(H,20,24). The van der Waals surface area contributed by atoms with Crippen LogP contribution in [0.2, 0.25) is 0 Å². The normalized spacial score (nSPS) is 13.7. The largest absolute Gasteiger partial charge is 0.345 e. The van der Waals surface area contributed by atoms with Crippen LogP contribution in [0.3, 0.4) is 0 Å². The van der Waals surface area contributed by atoms with E-state index in [1.54, 1.807) is 24.2 Å². The van der Waals surface area contributed by atoms with Crippen LogP contribution in [0.15, 0.2) is 29.9 Å². The summed E-state index contributed by atoms with van der Waals surface area (Å²) in [5.74, 6) is -0.147. The Hall–Kier alpha value is -2.74. The van der Waals surface area contributed by atoms with Gasteiger partial charge in [-0.1, -0.05) is 0 Å². The highest BCUT2D eigenvalue weighted by atomic mass is 32.1. The zero-order valence-corrected chi connectivity index (χ0v) is 14.5. The van der Waals surface area contributed by atoms with Crippen molar-refractivity contribution in [3.63, 3.8) is 0 Å². The first-order valence-electron chi connectivity index (χ1n) is 8.03. The Kier molecular flexibility index (Phi) is 3.96. The third-order valence-electron chi connectivity index (χ3n) is 4.42. The zero-order chi connectivity index (χ0) is 17.4. The molecule has 2 amide bonds. The van der Waals surface area contributed by atoms with Crippen molar-refractivity contribution < 1.29 is 9.59 Å². The summed E-state index contributed by atoms with van der Waals surface area (Å²) < 4.78 is 2.05. The Morgan fingerprint density at radius 3 is 2.92 bits per heavy atom. The fraction of sp³-hybridized carbons (Fsp3) is 0.294. The molecule has 8 heteroatoms. The lowest BCUT2D eigenvalue weighted by Crippen LogP contribution is -2.37. The first-order chi connectivity index (χ1) is 12.1. The molecule has 7 nitrogen and oxygen atoms in total. The van der Waals surface area contributed by atoms with Crippen molar-refractivity contribution in [2.75, 3.05) is 6.54 Å². The molecule has 1 aliphatic heterocycles. The van der Waals surface area contributed by atoms with Crippen LogP contribution < -0.4 is 5.32 Å². The van der Waals surface area contributed by atoms with Gasteiger partial charge in [-0.15, -0.1) is 11.3 Å². The highest BCUT2D eigenvalue weighted by Gasteiger charge is 2.28. The molecule has 0 aliphatic carbocycles. The molecule has 0 radical (unpaired) electrons. The molecule has 0 bridgehead atoms. The summed E-state index contributed by atoms with van der Waals surface area (Å²) in [6.07, 6.45) is 3.45. The van der Waals surface area contributed by atoms with Gasteiger partial charge in [0.2, 0.25) is 5.91 Å². The molecule has 0 atom stereocenters. The molecule has 4 rings (SSSR count). The maximum absolute atomic E-state index is 12.9. The lowest BCUT2D eigenvalue weighted by molar-refractivity contribution is -0.130. The summed E-state index contributed by atoms with van der Waals surface area (Å²) in [6, 6.07) is 3.73. The predicted octanol–water partition coefficient (Wildman–Crippen LogP) is 1.78. The van der Waals surface area contributed by atoms with Crippen molar-refractivity contribution in [3.8, 4) is 0 Å². The number of thiazole rings is 1. The zero-order valence-electron chi connectivity index (χ0n) is 13.7. The van der Waals surface area contributed by atoms with E-state index in [0.717, 1.165) is 21.7 Å². The van der Waals surface area contributed by atoms with Gasteiger partial charge in [0.05, 0.1) is 24.3 Å². The van der Waals surface area contributed by atoms with Crippen LogP contribution >= 0.6 is 11.3 Å². The van der Waals surface area contributed by atoms with Gasteiger partial charge in [0, 0.05) is 43.2 Å². The minimum Gasteiger partial charge on any atom is -0.345 e. The summed E-state index contributed by atoms with van der Waals surface area (Å²) in [5, 5.41) is 6.49. The molecule has 0 spiro atoms. The van der Waals surface area contributed by atoms with E-state index in [2.05, 4.69) is 15.3 Å². The Balaban J connectivity index is 1.73. The van der Waals surface area contributed by atoms with Gasteiger partial charge in [-0.2, -0.15) is 0 Å². The lowest BCUT2D eigenvalue weighted by Gasteiger charge is -2.28. The summed E-state index contributed by atoms with van der Waals surface area (Å²) in [7, 11) is 0. The van der Waals surface area contributed by atoms with Gasteiger partial charge >= 0.3 is 0 Å². The minimum atomic E-state index is -0.160. The molecule has 0 unspecified atom stereocenters. The van der Waals surface area contributed by atoms with Crippen LogP contribution in [0.1, 0.15) is 28.0 Å². The second kappa shape index (κ2) is 6.29. The maximum Gasteiger partial charge on any atom is 0.254 e. The molecule has 0 saturated carbocycles. The molecule has 1 N–H and O–H groups in total. The number of fused-ring (bicyclic) bond motifs is 3. The highest BCUT2D eigenvalue weighted by Crippen LogP contribution is 2.28. The van der Waals surface area contributed by atoms with Gasteiger partial charge in [-0.25, -0.2) is 9.97 Å². The molecule has 0 aromatic carbocycles. The van der Waals surface area contributed by atoms with Gasteiger partial charge in [-0.05, 0) is 12.1 Å². The molecule has 4 heterocycles. The topological polar surface area (TPSA) is 80.1 Å². The van der Waals surface area contributed by atoms with E-state index in [-0.39, 0.29) is 11.8 Å². The maximum atomic E-state index is 12.9. The summed E-state index contributed by atoms with van der Waals surface area (Å²) in [4.78, 5) is 35.1. The summed E-state index contributed by atoms with van der Waals surface area (Å²) in [6.45, 7) is 3.63. The van der Waals surface area contributed by atoms with E-state index in [4.69, 9.17) is 0 Å². The first-order valence-corrected chi connectivity index (χ1v) is 8.91. The van der Waals surface area contributed by atoms with Crippen molar-refractivity contribution in [1.82, 2.24) is 24.8 Å². The number of nitrogens with zero attached hydrogens (tertiary/aromatic N) is 4. The third kappa shape index (κ3) is 2.78. The Bertz CT molecular complexity index is 948. The van der Waals surface area contributed by atoms with Gasteiger partial charge in [-0.3, -0.25) is 9.59 Å². The van der Waals surface area contributed by atoms with Gasteiger partial charge < -0.3 is 14.8 Å². The number of rotatable bonds is 3. The second-order valence-corrected chi connectivity index (χ2v) is 6.88. The van der Waals surface area contributed by atoms with Crippen molar-refractivity contribution in [2.45, 2.75) is 26.6 Å². The van der Waals surface area contributed by atoms with Gasteiger partial charge in [0.25, 0.3) is 5.91 Å². The average molecular weight is 355 g/mol. The van der Waals surface area contributed by atoms with E-state index >= 15 is 0 Å². The monoisotopic (exact) mass is 355 g/mol. The van der Waals surface area contributed by atoms with Crippen molar-refractivity contribution in [1.29, 1.82) is 0 Å². The van der Waals surface area contributed by atoms with Gasteiger partial charge in [0.15, 0.2) is 0 Å². The molecular weight excluding hydrogens is 338 g/mol. The van der Waals surface area contributed by atoms with Crippen molar-refractivity contribution >= 4 is 34.2 Å². The average Bonchev–Trinajstić information content (AvgIpc) is 3.25. The molecule has 25 heavy (non-hydrogen) atoms. The molecule has 3 aromatic heterocycles. The van der Waals surface area contributed by atoms with E-state index < -0.39 is 0 Å². The van der Waals surface area contributed by atoms with Crippen LogP contribution in [-0.2, 0) is 24.4 Å². The molecule has 0 fully saturated rings. The number of aromatic nitrogens is 3. The van der Waals surface area contributed by atoms with Crippen molar-refractivity contribution in [3.05, 3.63) is 46.2 Å². The molecule has 3 aromatic rings. The van der Waals surface area contributed by atoms with Crippen molar-refractivity contribution in [2.24, 2.45) is 0 Å². The van der Waals surface area contributed by atoms with Crippen LogP contribution in [0.4, 0.5) is 0 Å². The summed E-state index contributed by atoms with van der Waals surface area (Å²) in [5.41, 5.74) is 2.23. The number of pyridine rings is 1. The fourth-order valence-corrected chi connectivity index (χ4v) is 3.77.